The summed E-state index contributed by atoms with van der Waals surface area (Å²) in [6, 6.07) is 10.3. The Bertz CT molecular complexity index is 1010. The maximum absolute atomic E-state index is 13.4. The third-order valence-electron chi connectivity index (χ3n) is 4.56. The highest BCUT2D eigenvalue weighted by Gasteiger charge is 2.23. The Morgan fingerprint density at radius 1 is 1.22 bits per heavy atom. The first-order valence-corrected chi connectivity index (χ1v) is 8.85. The van der Waals surface area contributed by atoms with Crippen LogP contribution in [0.3, 0.4) is 0 Å². The third-order valence-corrected chi connectivity index (χ3v) is 4.56. The largest absolute Gasteiger partial charge is 0.436 e. The summed E-state index contributed by atoms with van der Waals surface area (Å²) in [6.45, 7) is 0.638. The highest BCUT2D eigenvalue weighted by molar-refractivity contribution is 5.99. The van der Waals surface area contributed by atoms with E-state index < -0.39 is 6.04 Å². The van der Waals surface area contributed by atoms with E-state index >= 15 is 0 Å². The van der Waals surface area contributed by atoms with Crippen LogP contribution in [-0.4, -0.2) is 29.4 Å². The summed E-state index contributed by atoms with van der Waals surface area (Å²) in [5.74, 6) is -0.590. The fourth-order valence-corrected chi connectivity index (χ4v) is 3.13. The number of carbonyl (C=O) groups excluding carboxylic acids is 2. The van der Waals surface area contributed by atoms with Crippen LogP contribution in [-0.2, 0) is 4.79 Å². The number of hydrogen-bond donors (Lipinski definition) is 2. The molecule has 0 radical (unpaired) electrons. The second-order valence-electron chi connectivity index (χ2n) is 6.52. The predicted molar refractivity (Wildman–Crippen MR) is 97.5 cm³/mol. The first kappa shape index (κ1) is 17.2. The molecule has 0 unspecified atom stereocenters. The minimum Gasteiger partial charge on any atom is -0.436 e. The van der Waals surface area contributed by atoms with E-state index in [0.29, 0.717) is 35.2 Å². The van der Waals surface area contributed by atoms with Crippen molar-refractivity contribution in [1.29, 1.82) is 0 Å². The molecular formula is C20H18FN3O3. The smallest absolute Gasteiger partial charge is 0.252 e. The van der Waals surface area contributed by atoms with Crippen LogP contribution in [0, 0.1) is 5.82 Å². The Hall–Kier alpha value is -3.22. The van der Waals surface area contributed by atoms with E-state index in [1.807, 2.05) is 0 Å². The molecule has 1 aromatic heterocycles. The van der Waals surface area contributed by atoms with Gasteiger partial charge in [-0.05, 0) is 55.7 Å². The lowest BCUT2D eigenvalue weighted by Gasteiger charge is -2.15. The highest BCUT2D eigenvalue weighted by atomic mass is 19.1. The number of nitrogens with zero attached hydrogens (tertiary/aromatic N) is 1. The van der Waals surface area contributed by atoms with E-state index in [1.165, 1.54) is 12.1 Å². The van der Waals surface area contributed by atoms with Crippen molar-refractivity contribution in [3.63, 3.8) is 0 Å². The average molecular weight is 367 g/mol. The lowest BCUT2D eigenvalue weighted by atomic mass is 10.1. The second kappa shape index (κ2) is 7.19. The summed E-state index contributed by atoms with van der Waals surface area (Å²) in [7, 11) is 0. The maximum atomic E-state index is 13.4. The molecule has 1 aliphatic heterocycles. The molecule has 1 fully saturated rings. The van der Waals surface area contributed by atoms with Gasteiger partial charge in [-0.1, -0.05) is 6.07 Å². The van der Waals surface area contributed by atoms with Gasteiger partial charge in [-0.2, -0.15) is 0 Å². The van der Waals surface area contributed by atoms with Crippen LogP contribution in [0.2, 0.25) is 0 Å². The zero-order valence-corrected chi connectivity index (χ0v) is 14.5. The van der Waals surface area contributed by atoms with E-state index in [-0.39, 0.29) is 23.5 Å². The number of nitrogens with one attached hydrogen (secondary N) is 2. The molecule has 0 bridgehead atoms. The van der Waals surface area contributed by atoms with E-state index in [0.717, 1.165) is 12.8 Å². The van der Waals surface area contributed by atoms with Crippen LogP contribution in [0.4, 0.5) is 4.39 Å². The van der Waals surface area contributed by atoms with Crippen molar-refractivity contribution in [1.82, 2.24) is 15.6 Å². The zero-order chi connectivity index (χ0) is 18.8. The van der Waals surface area contributed by atoms with Gasteiger partial charge in [0.2, 0.25) is 11.8 Å². The second-order valence-corrected chi connectivity index (χ2v) is 6.52. The zero-order valence-electron chi connectivity index (χ0n) is 14.5. The monoisotopic (exact) mass is 367 g/mol. The molecule has 1 atom stereocenters. The summed E-state index contributed by atoms with van der Waals surface area (Å²) in [5, 5.41) is 5.57. The van der Waals surface area contributed by atoms with Crippen LogP contribution in [0.5, 0.6) is 0 Å². The maximum Gasteiger partial charge on any atom is 0.252 e. The van der Waals surface area contributed by atoms with Crippen molar-refractivity contribution in [3.05, 3.63) is 53.8 Å². The van der Waals surface area contributed by atoms with Gasteiger partial charge in [-0.15, -0.1) is 0 Å². The molecule has 1 aliphatic rings. The number of carbonyl (C=O) groups is 2. The number of fused-ring (bicyclic) bond motifs is 1. The normalized spacial score (nSPS) is 17.4. The van der Waals surface area contributed by atoms with Crippen molar-refractivity contribution >= 4 is 22.9 Å². The number of hydrogen-bond acceptors (Lipinski definition) is 4. The van der Waals surface area contributed by atoms with Gasteiger partial charge in [0.25, 0.3) is 5.91 Å². The Morgan fingerprint density at radius 3 is 2.96 bits per heavy atom. The Balaban J connectivity index is 1.57. The standard InChI is InChI=1S/C20H18FN3O3/c21-14-5-3-4-13(10-14)20-24-16-11-12(7-8-17(16)27-20)18(25)23-15-6-1-2-9-22-19(15)26/h3-5,7-8,10-11,15H,1-2,6,9H2,(H,22,26)(H,23,25)/t15-/m0/s1. The molecule has 4 rings (SSSR count). The van der Waals surface area contributed by atoms with E-state index in [4.69, 9.17) is 4.42 Å². The summed E-state index contributed by atoms with van der Waals surface area (Å²) in [4.78, 5) is 28.9. The lowest BCUT2D eigenvalue weighted by molar-refractivity contribution is -0.122. The van der Waals surface area contributed by atoms with Crippen molar-refractivity contribution in [2.75, 3.05) is 6.54 Å². The van der Waals surface area contributed by atoms with Gasteiger partial charge in [0.1, 0.15) is 17.4 Å². The SMILES string of the molecule is O=C(N[C@H]1CCCCNC1=O)c1ccc2oc(-c3cccc(F)c3)nc2c1. The van der Waals surface area contributed by atoms with Gasteiger partial charge in [-0.3, -0.25) is 9.59 Å². The molecule has 138 valence electrons. The number of aromatic nitrogens is 1. The Kier molecular flexibility index (Phi) is 4.58. The molecule has 6 nitrogen and oxygen atoms in total. The van der Waals surface area contributed by atoms with Crippen molar-refractivity contribution in [2.45, 2.75) is 25.3 Å². The van der Waals surface area contributed by atoms with Crippen molar-refractivity contribution in [2.24, 2.45) is 0 Å². The molecule has 2 heterocycles. The predicted octanol–water partition coefficient (Wildman–Crippen LogP) is 3.03. The molecule has 0 spiro atoms. The number of benzene rings is 2. The molecular weight excluding hydrogens is 349 g/mol. The molecule has 2 amide bonds. The van der Waals surface area contributed by atoms with E-state index in [1.54, 1.807) is 30.3 Å². The number of amides is 2. The Morgan fingerprint density at radius 2 is 2.11 bits per heavy atom. The molecule has 1 saturated heterocycles. The molecule has 2 N–H and O–H groups in total. The van der Waals surface area contributed by atoms with Crippen LogP contribution in [0.15, 0.2) is 46.9 Å². The van der Waals surface area contributed by atoms with E-state index in [2.05, 4.69) is 15.6 Å². The Labute approximate surface area is 154 Å². The first-order valence-electron chi connectivity index (χ1n) is 8.85. The highest BCUT2D eigenvalue weighted by Crippen LogP contribution is 2.25. The fourth-order valence-electron chi connectivity index (χ4n) is 3.13. The van der Waals surface area contributed by atoms with Crippen molar-refractivity contribution in [3.8, 4) is 11.5 Å². The summed E-state index contributed by atoms with van der Waals surface area (Å²) >= 11 is 0. The van der Waals surface area contributed by atoms with Crippen LogP contribution < -0.4 is 10.6 Å². The minimum atomic E-state index is -0.532. The number of oxazole rings is 1. The molecule has 2 aromatic carbocycles. The minimum absolute atomic E-state index is 0.156. The van der Waals surface area contributed by atoms with Gasteiger partial charge < -0.3 is 15.1 Å². The first-order chi connectivity index (χ1) is 13.1. The van der Waals surface area contributed by atoms with Gasteiger partial charge in [0, 0.05) is 17.7 Å². The van der Waals surface area contributed by atoms with Crippen LogP contribution >= 0.6 is 0 Å². The third kappa shape index (κ3) is 3.67. The summed E-state index contributed by atoms with van der Waals surface area (Å²) in [6.07, 6.45) is 2.41. The van der Waals surface area contributed by atoms with Gasteiger partial charge in [0.05, 0.1) is 0 Å². The van der Waals surface area contributed by atoms with Crippen LogP contribution in [0.1, 0.15) is 29.6 Å². The molecule has 27 heavy (non-hydrogen) atoms. The van der Waals surface area contributed by atoms with Crippen molar-refractivity contribution < 1.29 is 18.4 Å². The van der Waals surface area contributed by atoms with Gasteiger partial charge in [0.15, 0.2) is 5.58 Å². The molecule has 7 heteroatoms. The van der Waals surface area contributed by atoms with Gasteiger partial charge in [-0.25, -0.2) is 9.37 Å². The fraction of sp³-hybridized carbons (Fsp3) is 0.250. The quantitative estimate of drug-likeness (QED) is 0.745. The van der Waals surface area contributed by atoms with Gasteiger partial charge >= 0.3 is 0 Å². The lowest BCUT2D eigenvalue weighted by Crippen LogP contribution is -2.45. The number of rotatable bonds is 3. The average Bonchev–Trinajstić information content (AvgIpc) is 2.99. The molecule has 3 aromatic rings. The molecule has 0 saturated carbocycles. The summed E-state index contributed by atoms with van der Waals surface area (Å²) in [5.41, 5.74) is 1.90. The molecule has 0 aliphatic carbocycles. The topological polar surface area (TPSA) is 84.2 Å². The number of halogens is 1. The summed E-state index contributed by atoms with van der Waals surface area (Å²) < 4.78 is 19.1. The van der Waals surface area contributed by atoms with Crippen LogP contribution in [0.25, 0.3) is 22.6 Å². The van der Waals surface area contributed by atoms with E-state index in [9.17, 15) is 14.0 Å².